The summed E-state index contributed by atoms with van der Waals surface area (Å²) in [5, 5.41) is 7.21. The molecule has 1 saturated heterocycles. The fourth-order valence-electron chi connectivity index (χ4n) is 3.77. The molecule has 0 aliphatic carbocycles. The van der Waals surface area contributed by atoms with Crippen LogP contribution in [-0.2, 0) is 17.6 Å². The van der Waals surface area contributed by atoms with Crippen LogP contribution in [0.3, 0.4) is 0 Å². The summed E-state index contributed by atoms with van der Waals surface area (Å²) in [6.07, 6.45) is 4.37. The first kappa shape index (κ1) is 17.5. The predicted molar refractivity (Wildman–Crippen MR) is 97.8 cm³/mol. The second kappa shape index (κ2) is 7.72. The lowest BCUT2D eigenvalue weighted by molar-refractivity contribution is -0.131. The van der Waals surface area contributed by atoms with Gasteiger partial charge in [0, 0.05) is 24.7 Å². The van der Waals surface area contributed by atoms with Crippen molar-refractivity contribution in [3.63, 3.8) is 0 Å². The molecule has 25 heavy (non-hydrogen) atoms. The minimum Gasteiger partial charge on any atom is -0.497 e. The Labute approximate surface area is 149 Å². The smallest absolute Gasteiger partial charge is 0.223 e. The molecule has 0 radical (unpaired) electrons. The number of aromatic nitrogens is 2. The first-order valence-electron chi connectivity index (χ1n) is 9.01. The lowest BCUT2D eigenvalue weighted by atomic mass is 10.0. The zero-order valence-corrected chi connectivity index (χ0v) is 15.3. The zero-order chi connectivity index (χ0) is 17.8. The first-order chi connectivity index (χ1) is 12.1. The van der Waals surface area contributed by atoms with Crippen LogP contribution in [0.2, 0.25) is 0 Å². The summed E-state index contributed by atoms with van der Waals surface area (Å²) in [6, 6.07) is 8.45. The van der Waals surface area contributed by atoms with Crippen LogP contribution in [0.1, 0.15) is 41.8 Å². The molecule has 1 N–H and O–H groups in total. The minimum absolute atomic E-state index is 0.255. The number of likely N-dealkylation sites (tertiary alicyclic amines) is 1. The Balaban J connectivity index is 1.61. The van der Waals surface area contributed by atoms with Crippen LogP contribution in [0, 0.1) is 13.8 Å². The monoisotopic (exact) mass is 341 g/mol. The van der Waals surface area contributed by atoms with Crippen molar-refractivity contribution >= 4 is 5.91 Å². The molecule has 1 aromatic carbocycles. The summed E-state index contributed by atoms with van der Waals surface area (Å²) in [5.74, 6) is 1.13. The molecule has 1 aliphatic rings. The average Bonchev–Trinajstić information content (AvgIpc) is 3.20. The SMILES string of the molecule is COc1cccc(CC2CCCN2C(=O)CCc2c(C)n[nH]c2C)c1. The second-order valence-electron chi connectivity index (χ2n) is 6.85. The molecule has 134 valence electrons. The maximum Gasteiger partial charge on any atom is 0.223 e. The number of carbonyl (C=O) groups excluding carboxylic acids is 1. The standard InChI is InChI=1S/C20H27N3O2/c1-14-19(15(2)22-21-14)9-10-20(24)23-11-5-7-17(23)12-16-6-4-8-18(13-16)25-3/h4,6,8,13,17H,5,7,9-12H2,1-3H3,(H,21,22). The molecule has 1 atom stereocenters. The van der Waals surface area contributed by atoms with Gasteiger partial charge in [-0.2, -0.15) is 5.10 Å². The van der Waals surface area contributed by atoms with E-state index in [1.165, 1.54) is 11.1 Å². The number of benzene rings is 1. The predicted octanol–water partition coefficient (Wildman–Crippen LogP) is 3.20. The van der Waals surface area contributed by atoms with Gasteiger partial charge in [-0.1, -0.05) is 12.1 Å². The van der Waals surface area contributed by atoms with Crippen molar-refractivity contribution < 1.29 is 9.53 Å². The summed E-state index contributed by atoms with van der Waals surface area (Å²) in [4.78, 5) is 14.8. The van der Waals surface area contributed by atoms with Gasteiger partial charge in [0.25, 0.3) is 0 Å². The van der Waals surface area contributed by atoms with Crippen LogP contribution >= 0.6 is 0 Å². The van der Waals surface area contributed by atoms with E-state index in [-0.39, 0.29) is 5.91 Å². The molecule has 0 saturated carbocycles. The number of H-pyrrole nitrogens is 1. The van der Waals surface area contributed by atoms with Crippen molar-refractivity contribution in [2.45, 2.75) is 52.0 Å². The van der Waals surface area contributed by atoms with E-state index in [0.717, 1.165) is 49.4 Å². The number of carbonyl (C=O) groups is 1. The largest absolute Gasteiger partial charge is 0.497 e. The van der Waals surface area contributed by atoms with E-state index in [4.69, 9.17) is 4.74 Å². The molecule has 0 spiro atoms. The van der Waals surface area contributed by atoms with Crippen molar-refractivity contribution in [1.29, 1.82) is 0 Å². The third-order valence-electron chi connectivity index (χ3n) is 5.17. The molecule has 1 fully saturated rings. The Hall–Kier alpha value is -2.30. The fraction of sp³-hybridized carbons (Fsp3) is 0.500. The molecular formula is C20H27N3O2. The number of nitrogens with zero attached hydrogens (tertiary/aromatic N) is 2. The van der Waals surface area contributed by atoms with Crippen LogP contribution in [0.4, 0.5) is 0 Å². The molecule has 1 amide bonds. The molecule has 5 nitrogen and oxygen atoms in total. The summed E-state index contributed by atoms with van der Waals surface area (Å²) in [7, 11) is 1.68. The summed E-state index contributed by atoms with van der Waals surface area (Å²) in [5.41, 5.74) is 4.47. The van der Waals surface area contributed by atoms with Gasteiger partial charge in [0.2, 0.25) is 5.91 Å². The number of aryl methyl sites for hydroxylation is 2. The lowest BCUT2D eigenvalue weighted by Gasteiger charge is -2.25. The highest BCUT2D eigenvalue weighted by Crippen LogP contribution is 2.24. The van der Waals surface area contributed by atoms with E-state index in [2.05, 4.69) is 27.2 Å². The van der Waals surface area contributed by atoms with E-state index in [1.54, 1.807) is 7.11 Å². The number of aromatic amines is 1. The summed E-state index contributed by atoms with van der Waals surface area (Å²) in [6.45, 7) is 4.88. The van der Waals surface area contributed by atoms with E-state index < -0.39 is 0 Å². The third kappa shape index (κ3) is 4.03. The Kier molecular flexibility index (Phi) is 5.41. The van der Waals surface area contributed by atoms with Gasteiger partial charge in [-0.25, -0.2) is 0 Å². The highest BCUT2D eigenvalue weighted by atomic mass is 16.5. The molecule has 2 aromatic rings. The van der Waals surface area contributed by atoms with Crippen LogP contribution < -0.4 is 4.74 Å². The van der Waals surface area contributed by atoms with Gasteiger partial charge in [0.1, 0.15) is 5.75 Å². The normalized spacial score (nSPS) is 17.1. The Morgan fingerprint density at radius 1 is 1.40 bits per heavy atom. The highest BCUT2D eigenvalue weighted by molar-refractivity contribution is 5.77. The first-order valence-corrected chi connectivity index (χ1v) is 9.01. The topological polar surface area (TPSA) is 58.2 Å². The summed E-state index contributed by atoms with van der Waals surface area (Å²) < 4.78 is 5.31. The lowest BCUT2D eigenvalue weighted by Crippen LogP contribution is -2.37. The van der Waals surface area contributed by atoms with Crippen molar-refractivity contribution in [3.8, 4) is 5.75 Å². The Morgan fingerprint density at radius 2 is 2.24 bits per heavy atom. The van der Waals surface area contributed by atoms with Gasteiger partial charge in [-0.3, -0.25) is 9.89 Å². The maximum atomic E-state index is 12.8. The van der Waals surface area contributed by atoms with E-state index in [9.17, 15) is 4.79 Å². The molecular weight excluding hydrogens is 314 g/mol. The number of rotatable bonds is 6. The van der Waals surface area contributed by atoms with Gasteiger partial charge >= 0.3 is 0 Å². The van der Waals surface area contributed by atoms with Crippen molar-refractivity contribution in [2.75, 3.05) is 13.7 Å². The maximum absolute atomic E-state index is 12.8. The van der Waals surface area contributed by atoms with Gasteiger partial charge in [-0.05, 0) is 62.8 Å². The Morgan fingerprint density at radius 3 is 2.96 bits per heavy atom. The number of ether oxygens (including phenoxy) is 1. The average molecular weight is 341 g/mol. The Bertz CT molecular complexity index is 719. The minimum atomic E-state index is 0.255. The van der Waals surface area contributed by atoms with Crippen LogP contribution in [0.15, 0.2) is 24.3 Å². The van der Waals surface area contributed by atoms with E-state index >= 15 is 0 Å². The number of amides is 1. The van der Waals surface area contributed by atoms with Crippen molar-refractivity contribution in [2.24, 2.45) is 0 Å². The fourth-order valence-corrected chi connectivity index (χ4v) is 3.77. The van der Waals surface area contributed by atoms with Crippen LogP contribution in [0.25, 0.3) is 0 Å². The number of nitrogens with one attached hydrogen (secondary N) is 1. The van der Waals surface area contributed by atoms with Crippen molar-refractivity contribution in [3.05, 3.63) is 46.8 Å². The molecule has 0 bridgehead atoms. The quantitative estimate of drug-likeness (QED) is 0.878. The molecule has 2 heterocycles. The van der Waals surface area contributed by atoms with Gasteiger partial charge < -0.3 is 9.64 Å². The molecule has 1 aliphatic heterocycles. The van der Waals surface area contributed by atoms with E-state index in [1.807, 2.05) is 26.0 Å². The zero-order valence-electron chi connectivity index (χ0n) is 15.3. The van der Waals surface area contributed by atoms with Gasteiger partial charge in [-0.15, -0.1) is 0 Å². The molecule has 3 rings (SSSR count). The molecule has 5 heteroatoms. The van der Waals surface area contributed by atoms with Crippen molar-refractivity contribution in [1.82, 2.24) is 15.1 Å². The van der Waals surface area contributed by atoms with E-state index in [0.29, 0.717) is 12.5 Å². The summed E-state index contributed by atoms with van der Waals surface area (Å²) >= 11 is 0. The second-order valence-corrected chi connectivity index (χ2v) is 6.85. The molecule has 1 unspecified atom stereocenters. The molecule has 1 aromatic heterocycles. The van der Waals surface area contributed by atoms with Crippen LogP contribution in [0.5, 0.6) is 5.75 Å². The van der Waals surface area contributed by atoms with Crippen LogP contribution in [-0.4, -0.2) is 40.7 Å². The highest BCUT2D eigenvalue weighted by Gasteiger charge is 2.28. The van der Waals surface area contributed by atoms with Gasteiger partial charge in [0.15, 0.2) is 0 Å². The number of hydrogen-bond acceptors (Lipinski definition) is 3. The number of methoxy groups -OCH3 is 1. The number of hydrogen-bond donors (Lipinski definition) is 1. The van der Waals surface area contributed by atoms with Gasteiger partial charge in [0.05, 0.1) is 12.8 Å². The third-order valence-corrected chi connectivity index (χ3v) is 5.17.